The van der Waals surface area contributed by atoms with E-state index in [1.807, 2.05) is 0 Å². The molecule has 0 saturated heterocycles. The Labute approximate surface area is 92.8 Å². The Morgan fingerprint density at radius 3 is 2.47 bits per heavy atom. The number of nitrogens with zero attached hydrogens (tertiary/aromatic N) is 1. The third kappa shape index (κ3) is 5.14. The largest absolute Gasteiger partial charge is 0.468 e. The molecule has 4 heteroatoms. The minimum absolute atomic E-state index is 0.324. The van der Waals surface area contributed by atoms with Crippen molar-refractivity contribution in [3.05, 3.63) is 0 Å². The van der Waals surface area contributed by atoms with Crippen molar-refractivity contribution < 1.29 is 9.53 Å². The van der Waals surface area contributed by atoms with Crippen LogP contribution in [0.2, 0.25) is 0 Å². The zero-order chi connectivity index (χ0) is 11.8. The van der Waals surface area contributed by atoms with Crippen molar-refractivity contribution in [1.82, 2.24) is 4.90 Å². The summed E-state index contributed by atoms with van der Waals surface area (Å²) in [5.41, 5.74) is 5.67. The van der Waals surface area contributed by atoms with Crippen LogP contribution in [0.1, 0.15) is 33.6 Å². The first-order chi connectivity index (χ1) is 7.06. The zero-order valence-electron chi connectivity index (χ0n) is 10.3. The van der Waals surface area contributed by atoms with Crippen molar-refractivity contribution in [2.24, 2.45) is 5.73 Å². The van der Waals surface area contributed by atoms with Gasteiger partial charge >= 0.3 is 5.97 Å². The van der Waals surface area contributed by atoms with E-state index >= 15 is 0 Å². The summed E-state index contributed by atoms with van der Waals surface area (Å²) in [6.07, 6.45) is 1.77. The fraction of sp³-hybridized carbons (Fsp3) is 0.909. The second kappa shape index (κ2) is 7.65. The lowest BCUT2D eigenvalue weighted by molar-refractivity contribution is -0.142. The van der Waals surface area contributed by atoms with Gasteiger partial charge in [0.05, 0.1) is 7.11 Å². The molecule has 90 valence electrons. The van der Waals surface area contributed by atoms with Crippen LogP contribution in [-0.2, 0) is 9.53 Å². The lowest BCUT2D eigenvalue weighted by Crippen LogP contribution is -2.39. The molecule has 0 aromatic carbocycles. The molecule has 0 saturated carbocycles. The quantitative estimate of drug-likeness (QED) is 0.645. The number of nitrogens with two attached hydrogens (primary N) is 1. The van der Waals surface area contributed by atoms with Gasteiger partial charge in [-0.05, 0) is 26.3 Å². The van der Waals surface area contributed by atoms with Crippen LogP contribution in [0.3, 0.4) is 0 Å². The van der Waals surface area contributed by atoms with E-state index in [4.69, 9.17) is 5.73 Å². The van der Waals surface area contributed by atoms with Crippen LogP contribution in [0, 0.1) is 0 Å². The van der Waals surface area contributed by atoms with Gasteiger partial charge in [0.2, 0.25) is 0 Å². The third-order valence-electron chi connectivity index (χ3n) is 2.85. The minimum Gasteiger partial charge on any atom is -0.468 e. The van der Waals surface area contributed by atoms with E-state index in [2.05, 4.69) is 30.4 Å². The number of hydrogen-bond donors (Lipinski definition) is 1. The predicted octanol–water partition coefficient (Wildman–Crippen LogP) is 0.997. The monoisotopic (exact) mass is 216 g/mol. The van der Waals surface area contributed by atoms with Crippen LogP contribution < -0.4 is 5.73 Å². The Balaban J connectivity index is 3.95. The number of carbonyl (C=O) groups is 1. The first kappa shape index (κ1) is 14.4. The number of esters is 1. The van der Waals surface area contributed by atoms with Crippen LogP contribution in [0.25, 0.3) is 0 Å². The summed E-state index contributed by atoms with van der Waals surface area (Å²) >= 11 is 0. The van der Waals surface area contributed by atoms with Crippen LogP contribution in [0.5, 0.6) is 0 Å². The average Bonchev–Trinajstić information content (AvgIpc) is 2.27. The van der Waals surface area contributed by atoms with Crippen molar-refractivity contribution in [3.8, 4) is 0 Å². The topological polar surface area (TPSA) is 55.6 Å². The molecule has 15 heavy (non-hydrogen) atoms. The van der Waals surface area contributed by atoms with Crippen LogP contribution in [0.15, 0.2) is 0 Å². The molecule has 0 amide bonds. The van der Waals surface area contributed by atoms with Crippen LogP contribution in [0.4, 0.5) is 0 Å². The molecule has 0 spiro atoms. The molecule has 0 aromatic heterocycles. The number of rotatable bonds is 7. The molecule has 2 N–H and O–H groups in total. The van der Waals surface area contributed by atoms with Gasteiger partial charge in [0, 0.05) is 12.6 Å². The summed E-state index contributed by atoms with van der Waals surface area (Å²) in [7, 11) is 1.37. The maximum absolute atomic E-state index is 11.1. The highest BCUT2D eigenvalue weighted by Gasteiger charge is 2.16. The fourth-order valence-corrected chi connectivity index (χ4v) is 1.52. The Hall–Kier alpha value is -0.610. The van der Waals surface area contributed by atoms with E-state index in [0.717, 1.165) is 19.5 Å². The van der Waals surface area contributed by atoms with Gasteiger partial charge in [-0.3, -0.25) is 4.79 Å². The van der Waals surface area contributed by atoms with E-state index in [1.165, 1.54) is 7.11 Å². The molecule has 0 heterocycles. The maximum atomic E-state index is 11.1. The van der Waals surface area contributed by atoms with Gasteiger partial charge in [0.1, 0.15) is 6.04 Å². The van der Waals surface area contributed by atoms with Crippen LogP contribution in [-0.4, -0.2) is 43.2 Å². The first-order valence-electron chi connectivity index (χ1n) is 5.64. The van der Waals surface area contributed by atoms with E-state index < -0.39 is 6.04 Å². The Morgan fingerprint density at radius 2 is 2.07 bits per heavy atom. The predicted molar refractivity (Wildman–Crippen MR) is 61.6 cm³/mol. The van der Waals surface area contributed by atoms with Gasteiger partial charge < -0.3 is 15.4 Å². The summed E-state index contributed by atoms with van der Waals surface area (Å²) in [6, 6.07) is 0.0490. The molecule has 0 fully saturated rings. The van der Waals surface area contributed by atoms with Crippen LogP contribution >= 0.6 is 0 Å². The Kier molecular flexibility index (Phi) is 7.34. The standard InChI is InChI=1S/C11H24N2O2/c1-5-9(3)13(6-2)8-7-10(12)11(14)15-4/h9-10H,5-8,12H2,1-4H3. The molecule has 0 aliphatic carbocycles. The van der Waals surface area contributed by atoms with Gasteiger partial charge in [-0.25, -0.2) is 0 Å². The van der Waals surface area contributed by atoms with Gasteiger partial charge in [0.15, 0.2) is 0 Å². The van der Waals surface area contributed by atoms with E-state index in [9.17, 15) is 4.79 Å². The summed E-state index contributed by atoms with van der Waals surface area (Å²) < 4.78 is 4.58. The molecule has 0 rings (SSSR count). The smallest absolute Gasteiger partial charge is 0.322 e. The summed E-state index contributed by atoms with van der Waals surface area (Å²) in [5.74, 6) is -0.324. The molecular formula is C11H24N2O2. The zero-order valence-corrected chi connectivity index (χ0v) is 10.3. The lowest BCUT2D eigenvalue weighted by atomic mass is 10.1. The second-order valence-electron chi connectivity index (χ2n) is 3.80. The number of ether oxygens (including phenoxy) is 1. The average molecular weight is 216 g/mol. The minimum atomic E-state index is -0.492. The molecular weight excluding hydrogens is 192 g/mol. The second-order valence-corrected chi connectivity index (χ2v) is 3.80. The SMILES string of the molecule is CCC(C)N(CC)CCC(N)C(=O)OC. The van der Waals surface area contributed by atoms with Crippen molar-refractivity contribution in [2.45, 2.75) is 45.7 Å². The highest BCUT2D eigenvalue weighted by Crippen LogP contribution is 2.05. The molecule has 0 radical (unpaired) electrons. The van der Waals surface area contributed by atoms with Gasteiger partial charge in [-0.15, -0.1) is 0 Å². The van der Waals surface area contributed by atoms with E-state index in [-0.39, 0.29) is 5.97 Å². The normalized spacial score (nSPS) is 15.1. The Morgan fingerprint density at radius 1 is 1.47 bits per heavy atom. The first-order valence-corrected chi connectivity index (χ1v) is 5.64. The van der Waals surface area contributed by atoms with Crippen molar-refractivity contribution in [2.75, 3.05) is 20.2 Å². The molecule has 0 aliphatic heterocycles. The Bertz CT molecular complexity index is 185. The highest BCUT2D eigenvalue weighted by molar-refractivity contribution is 5.75. The molecule has 4 nitrogen and oxygen atoms in total. The third-order valence-corrected chi connectivity index (χ3v) is 2.85. The van der Waals surface area contributed by atoms with Crippen molar-refractivity contribution >= 4 is 5.97 Å². The fourth-order valence-electron chi connectivity index (χ4n) is 1.52. The van der Waals surface area contributed by atoms with Gasteiger partial charge in [-0.2, -0.15) is 0 Å². The summed E-state index contributed by atoms with van der Waals surface area (Å²) in [4.78, 5) is 13.4. The van der Waals surface area contributed by atoms with Crippen molar-refractivity contribution in [3.63, 3.8) is 0 Å². The maximum Gasteiger partial charge on any atom is 0.322 e. The van der Waals surface area contributed by atoms with Crippen molar-refractivity contribution in [1.29, 1.82) is 0 Å². The molecule has 0 aromatic rings. The molecule has 0 aliphatic rings. The van der Waals surface area contributed by atoms with Gasteiger partial charge in [0.25, 0.3) is 0 Å². The molecule has 2 unspecified atom stereocenters. The number of methoxy groups -OCH3 is 1. The lowest BCUT2D eigenvalue weighted by Gasteiger charge is -2.27. The number of carbonyl (C=O) groups excluding carboxylic acids is 1. The molecule has 0 bridgehead atoms. The van der Waals surface area contributed by atoms with E-state index in [0.29, 0.717) is 12.5 Å². The molecule has 2 atom stereocenters. The van der Waals surface area contributed by atoms with Gasteiger partial charge in [-0.1, -0.05) is 13.8 Å². The highest BCUT2D eigenvalue weighted by atomic mass is 16.5. The van der Waals surface area contributed by atoms with E-state index in [1.54, 1.807) is 0 Å². The summed E-state index contributed by atoms with van der Waals surface area (Å²) in [5, 5.41) is 0. The summed E-state index contributed by atoms with van der Waals surface area (Å²) in [6.45, 7) is 8.31. The number of hydrogen-bond acceptors (Lipinski definition) is 4.